The molecular weight excluding hydrogens is 665 g/mol. The quantitative estimate of drug-likeness (QED) is 0.269. The minimum Gasteiger partial charge on any atom is -0.494 e. The number of hydrogen-bond acceptors (Lipinski definition) is 11. The molecule has 51 heavy (non-hydrogen) atoms. The summed E-state index contributed by atoms with van der Waals surface area (Å²) in [5.41, 5.74) is 1.87. The highest BCUT2D eigenvalue weighted by atomic mass is 19.4. The van der Waals surface area contributed by atoms with Crippen molar-refractivity contribution in [2.24, 2.45) is 5.41 Å². The summed E-state index contributed by atoms with van der Waals surface area (Å²) < 4.78 is 56.1. The Morgan fingerprint density at radius 3 is 2.33 bits per heavy atom. The molecule has 6 bridgehead atoms. The average Bonchev–Trinajstić information content (AvgIpc) is 3.69. The lowest BCUT2D eigenvalue weighted by Gasteiger charge is -2.23. The van der Waals surface area contributed by atoms with Crippen LogP contribution >= 0.6 is 0 Å². The monoisotopic (exact) mass is 712 g/mol. The number of benzene rings is 2. The van der Waals surface area contributed by atoms with Gasteiger partial charge < -0.3 is 40.0 Å². The van der Waals surface area contributed by atoms with E-state index in [1.807, 2.05) is 24.3 Å². The fourth-order valence-electron chi connectivity index (χ4n) is 6.35. The first-order valence-corrected chi connectivity index (χ1v) is 17.8. The van der Waals surface area contributed by atoms with E-state index in [1.54, 1.807) is 18.2 Å². The molecule has 4 aliphatic rings. The molecule has 1 saturated carbocycles. The Hall–Kier alpha value is -4.37. The van der Waals surface area contributed by atoms with Gasteiger partial charge in [-0.2, -0.15) is 28.1 Å². The fourth-order valence-corrected chi connectivity index (χ4v) is 6.35. The number of carbonyl (C=O) groups excluding carboxylic acids is 1. The second-order valence-corrected chi connectivity index (χ2v) is 13.5. The average molecular weight is 713 g/mol. The number of ether oxygens (including phenoxy) is 3. The molecule has 1 aromatic heterocycles. The van der Waals surface area contributed by atoms with E-state index in [2.05, 4.69) is 47.6 Å². The number of fused-ring (bicyclic) bond motifs is 11. The van der Waals surface area contributed by atoms with Gasteiger partial charge in [-0.15, -0.1) is 0 Å². The number of hydrogen-bond donors (Lipinski definition) is 3. The largest absolute Gasteiger partial charge is 0.494 e. The van der Waals surface area contributed by atoms with Gasteiger partial charge in [-0.25, -0.2) is 0 Å². The van der Waals surface area contributed by atoms with Crippen LogP contribution in [0.1, 0.15) is 61.4 Å². The summed E-state index contributed by atoms with van der Waals surface area (Å²) >= 11 is 0. The number of anilines is 3. The van der Waals surface area contributed by atoms with Gasteiger partial charge in [0.15, 0.2) is 6.61 Å². The van der Waals surface area contributed by atoms with Crippen molar-refractivity contribution in [1.82, 2.24) is 30.1 Å². The molecule has 1 saturated heterocycles. The van der Waals surface area contributed by atoms with Crippen LogP contribution in [0, 0.1) is 5.41 Å². The summed E-state index contributed by atoms with van der Waals surface area (Å²) in [6.45, 7) is 8.20. The van der Waals surface area contributed by atoms with Gasteiger partial charge in [-0.1, -0.05) is 19.1 Å². The Kier molecular flexibility index (Phi) is 12.0. The topological polar surface area (TPSA) is 126 Å². The van der Waals surface area contributed by atoms with Crippen LogP contribution in [-0.4, -0.2) is 102 Å². The number of nitrogens with one attached hydrogen (secondary N) is 3. The van der Waals surface area contributed by atoms with Crippen molar-refractivity contribution in [2.45, 2.75) is 58.2 Å². The standard InChI is InChI=1S/C36H47F3N8O4/c1-2-46-17-5-19-49-28-10-7-26(8-11-28)22-40-32-43-33(45-34(44-32)51-25-36(37,38)39)42-27-9-12-29(30(21-27)50-20-6-18-46)31(48)41-23-35(13-14-35)24-47-15-3-4-16-47/h7-12,21H,2-6,13-20,22-25H2,1H3,(H,41,48)(H2,40,42,43,44,45). The summed E-state index contributed by atoms with van der Waals surface area (Å²) in [5.74, 6) is 0.872. The minimum atomic E-state index is -4.58. The number of likely N-dealkylation sites (tertiary alicyclic amines) is 1. The van der Waals surface area contributed by atoms with E-state index in [9.17, 15) is 18.0 Å². The van der Waals surface area contributed by atoms with Gasteiger partial charge in [0.25, 0.3) is 5.91 Å². The van der Waals surface area contributed by atoms with Crippen LogP contribution in [0.5, 0.6) is 17.5 Å². The van der Waals surface area contributed by atoms with Crippen molar-refractivity contribution in [1.29, 1.82) is 0 Å². The summed E-state index contributed by atoms with van der Waals surface area (Å²) in [7, 11) is 0. The molecule has 1 aliphatic carbocycles. The van der Waals surface area contributed by atoms with Crippen LogP contribution < -0.4 is 30.2 Å². The van der Waals surface area contributed by atoms with Gasteiger partial charge >= 0.3 is 12.2 Å². The molecule has 0 spiro atoms. The van der Waals surface area contributed by atoms with Crippen LogP contribution in [0.4, 0.5) is 30.8 Å². The number of halogens is 3. The molecule has 0 unspecified atom stereocenters. The maximum atomic E-state index is 13.6. The summed E-state index contributed by atoms with van der Waals surface area (Å²) in [6.07, 6.45) is 1.66. The van der Waals surface area contributed by atoms with Gasteiger partial charge in [0.05, 0.1) is 18.8 Å². The van der Waals surface area contributed by atoms with E-state index >= 15 is 0 Å². The molecule has 0 atom stereocenters. The number of carbonyl (C=O) groups is 1. The van der Waals surface area contributed by atoms with Gasteiger partial charge in [-0.05, 0) is 88.0 Å². The zero-order valence-corrected chi connectivity index (χ0v) is 29.1. The number of amides is 1. The number of nitrogens with zero attached hydrogens (tertiary/aromatic N) is 5. The van der Waals surface area contributed by atoms with Crippen LogP contribution in [-0.2, 0) is 6.54 Å². The van der Waals surface area contributed by atoms with E-state index in [0.29, 0.717) is 36.8 Å². The van der Waals surface area contributed by atoms with Crippen LogP contribution in [0.2, 0.25) is 0 Å². The molecule has 276 valence electrons. The second kappa shape index (κ2) is 16.8. The van der Waals surface area contributed by atoms with Crippen molar-refractivity contribution in [3.63, 3.8) is 0 Å². The van der Waals surface area contributed by atoms with Crippen molar-refractivity contribution >= 4 is 23.5 Å². The Balaban J connectivity index is 1.23. The maximum Gasteiger partial charge on any atom is 0.422 e. The summed E-state index contributed by atoms with van der Waals surface area (Å²) in [4.78, 5) is 30.9. The predicted molar refractivity (Wildman–Crippen MR) is 187 cm³/mol. The molecular formula is C36H47F3N8O4. The zero-order chi connectivity index (χ0) is 35.7. The number of rotatable bonds is 8. The van der Waals surface area contributed by atoms with Gasteiger partial charge in [-0.3, -0.25) is 4.79 Å². The minimum absolute atomic E-state index is 0.0167. The van der Waals surface area contributed by atoms with Crippen LogP contribution in [0.15, 0.2) is 42.5 Å². The molecule has 3 N–H and O–H groups in total. The molecule has 2 fully saturated rings. The third-order valence-electron chi connectivity index (χ3n) is 9.39. The normalized spacial score (nSPS) is 18.6. The van der Waals surface area contributed by atoms with E-state index in [4.69, 9.17) is 14.2 Å². The van der Waals surface area contributed by atoms with Crippen molar-refractivity contribution in [3.05, 3.63) is 53.6 Å². The van der Waals surface area contributed by atoms with Crippen LogP contribution in [0.3, 0.4) is 0 Å². The first-order chi connectivity index (χ1) is 24.6. The molecule has 3 aliphatic heterocycles. The Labute approximate surface area is 296 Å². The predicted octanol–water partition coefficient (Wildman–Crippen LogP) is 5.65. The summed E-state index contributed by atoms with van der Waals surface area (Å²) in [6, 6.07) is 12.1. The molecule has 4 heterocycles. The molecule has 0 radical (unpaired) electrons. The molecule has 3 aromatic rings. The van der Waals surface area contributed by atoms with Gasteiger partial charge in [0, 0.05) is 49.9 Å². The Morgan fingerprint density at radius 2 is 1.63 bits per heavy atom. The van der Waals surface area contributed by atoms with Crippen molar-refractivity contribution in [2.75, 3.05) is 76.3 Å². The second-order valence-electron chi connectivity index (χ2n) is 13.5. The molecule has 1 amide bonds. The first-order valence-electron chi connectivity index (χ1n) is 17.8. The maximum absolute atomic E-state index is 13.6. The van der Waals surface area contributed by atoms with E-state index in [1.165, 1.54) is 12.8 Å². The number of alkyl halides is 3. The molecule has 7 rings (SSSR count). The highest BCUT2D eigenvalue weighted by Gasteiger charge is 2.44. The Morgan fingerprint density at radius 1 is 0.922 bits per heavy atom. The fraction of sp³-hybridized carbons (Fsp3) is 0.556. The highest BCUT2D eigenvalue weighted by molar-refractivity contribution is 5.97. The van der Waals surface area contributed by atoms with Gasteiger partial charge in [0.1, 0.15) is 11.5 Å². The highest BCUT2D eigenvalue weighted by Crippen LogP contribution is 2.46. The first kappa shape index (κ1) is 36.4. The van der Waals surface area contributed by atoms with Crippen molar-refractivity contribution in [3.8, 4) is 17.5 Å². The molecule has 15 heteroatoms. The third kappa shape index (κ3) is 11.1. The molecule has 2 aromatic carbocycles. The van der Waals surface area contributed by atoms with E-state index < -0.39 is 18.8 Å². The van der Waals surface area contributed by atoms with E-state index in [-0.39, 0.29) is 29.8 Å². The van der Waals surface area contributed by atoms with Gasteiger partial charge in [0.2, 0.25) is 11.9 Å². The molecule has 12 nitrogen and oxygen atoms in total. The zero-order valence-electron chi connectivity index (χ0n) is 29.1. The van der Waals surface area contributed by atoms with Crippen LogP contribution in [0.25, 0.3) is 0 Å². The Bertz CT molecular complexity index is 1600. The number of aromatic nitrogens is 3. The third-order valence-corrected chi connectivity index (χ3v) is 9.39. The lowest BCUT2D eigenvalue weighted by molar-refractivity contribution is -0.154. The van der Waals surface area contributed by atoms with Crippen molar-refractivity contribution < 1.29 is 32.2 Å². The SMILES string of the molecule is CCN1CCCOc2ccc(cc2)CNc2nc(nc(OCC(F)(F)F)n2)Nc2ccc(C(=O)NCC3(CN4CCCC4)CC3)c(c2)OCCC1. The lowest BCUT2D eigenvalue weighted by Crippen LogP contribution is -2.37. The summed E-state index contributed by atoms with van der Waals surface area (Å²) in [5, 5.41) is 9.24. The van der Waals surface area contributed by atoms with E-state index in [0.717, 1.165) is 76.3 Å². The lowest BCUT2D eigenvalue weighted by atomic mass is 10.1. The smallest absolute Gasteiger partial charge is 0.422 e.